The fourth-order valence-corrected chi connectivity index (χ4v) is 8.61. The second-order valence-electron chi connectivity index (χ2n) is 13.2. The van der Waals surface area contributed by atoms with Crippen LogP contribution in [-0.4, -0.2) is 100 Å². The molecule has 12 heteroatoms. The smallest absolute Gasteiger partial charge is 0.313 e. The summed E-state index contributed by atoms with van der Waals surface area (Å²) in [5, 5.41) is 13.3. The molecular formula is C38H46BrN3O8. The number of aliphatic hydroxyl groups is 1. The highest BCUT2D eigenvalue weighted by molar-refractivity contribution is 9.09. The summed E-state index contributed by atoms with van der Waals surface area (Å²) in [4.78, 5) is 59.2. The molecule has 3 fully saturated rings. The summed E-state index contributed by atoms with van der Waals surface area (Å²) < 4.78 is 18.4. The van der Waals surface area contributed by atoms with Crippen molar-refractivity contribution in [3.63, 3.8) is 0 Å². The fourth-order valence-electron chi connectivity index (χ4n) is 7.67. The van der Waals surface area contributed by atoms with Crippen molar-refractivity contribution in [2.75, 3.05) is 26.9 Å². The number of benzene rings is 2. The van der Waals surface area contributed by atoms with Gasteiger partial charge in [-0.1, -0.05) is 88.7 Å². The predicted octanol–water partition coefficient (Wildman–Crippen LogP) is 3.71. The number of amides is 3. The third-order valence-electron chi connectivity index (χ3n) is 9.85. The summed E-state index contributed by atoms with van der Waals surface area (Å²) in [6, 6.07) is 15.9. The molecule has 11 nitrogen and oxygen atoms in total. The first-order chi connectivity index (χ1) is 24.1. The van der Waals surface area contributed by atoms with Crippen LogP contribution in [0.1, 0.15) is 43.4 Å². The standard InChI is InChI=1S/C38H46BrN3O8/c1-5-7-18-29(44)40-28(23-48-4)32(26-16-12-9-13-17-26)49-37(47)30-31-35(45)42(24(3)22-43)34(38(31)20-27(39)33(30)50-38)36(46)41(19-6-2)21-25-14-10-8-11-15-25/h5-6,8-17,24,27-28,30-34,43H,1-2,7,18-23H2,3-4H3,(H,40,44)/t24-,27?,28+,30+,31-,32+,33+,34+,38-/m1/s1. The number of carbonyl (C=O) groups is 4. The highest BCUT2D eigenvalue weighted by Crippen LogP contribution is 2.61. The van der Waals surface area contributed by atoms with Crippen molar-refractivity contribution >= 4 is 39.6 Å². The lowest BCUT2D eigenvalue weighted by atomic mass is 9.70. The topological polar surface area (TPSA) is 135 Å². The van der Waals surface area contributed by atoms with E-state index in [0.717, 1.165) is 5.56 Å². The molecule has 0 aliphatic carbocycles. The van der Waals surface area contributed by atoms with Crippen molar-refractivity contribution in [2.24, 2.45) is 11.8 Å². The van der Waals surface area contributed by atoms with Crippen molar-refractivity contribution in [1.82, 2.24) is 15.1 Å². The molecule has 3 amide bonds. The van der Waals surface area contributed by atoms with Gasteiger partial charge in [-0.3, -0.25) is 19.2 Å². The second kappa shape index (κ2) is 16.5. The maximum Gasteiger partial charge on any atom is 0.313 e. The molecule has 1 spiro atoms. The molecule has 50 heavy (non-hydrogen) atoms. The van der Waals surface area contributed by atoms with Crippen molar-refractivity contribution < 1.29 is 38.5 Å². The van der Waals surface area contributed by atoms with Gasteiger partial charge in [0.1, 0.15) is 17.7 Å². The lowest BCUT2D eigenvalue weighted by Gasteiger charge is -2.38. The molecule has 3 saturated heterocycles. The number of carbonyl (C=O) groups excluding carboxylic acids is 4. The normalized spacial score (nSPS) is 26.8. The minimum atomic E-state index is -1.36. The zero-order valence-electron chi connectivity index (χ0n) is 28.5. The maximum absolute atomic E-state index is 14.7. The molecule has 5 rings (SSSR count). The minimum absolute atomic E-state index is 0.0452. The Morgan fingerprint density at radius 3 is 2.44 bits per heavy atom. The molecule has 2 aromatic rings. The minimum Gasteiger partial charge on any atom is -0.455 e. The summed E-state index contributed by atoms with van der Waals surface area (Å²) in [7, 11) is 1.49. The molecule has 3 heterocycles. The Bertz CT molecular complexity index is 1540. The maximum atomic E-state index is 14.7. The highest BCUT2D eigenvalue weighted by atomic mass is 79.9. The summed E-state index contributed by atoms with van der Waals surface area (Å²) in [5.74, 6) is -3.87. The molecule has 0 saturated carbocycles. The Morgan fingerprint density at radius 2 is 1.82 bits per heavy atom. The summed E-state index contributed by atoms with van der Waals surface area (Å²) in [6.07, 6.45) is 2.52. The molecular weight excluding hydrogens is 706 g/mol. The van der Waals surface area contributed by atoms with Crippen LogP contribution in [0.25, 0.3) is 0 Å². The first kappa shape index (κ1) is 37.4. The van der Waals surface area contributed by atoms with E-state index in [1.807, 2.05) is 36.4 Å². The summed E-state index contributed by atoms with van der Waals surface area (Å²) in [6.45, 7) is 9.34. The molecule has 3 aliphatic heterocycles. The van der Waals surface area contributed by atoms with E-state index in [9.17, 15) is 24.3 Å². The average Bonchev–Trinajstić information content (AvgIpc) is 3.72. The summed E-state index contributed by atoms with van der Waals surface area (Å²) >= 11 is 3.71. The van der Waals surface area contributed by atoms with Gasteiger partial charge in [-0.15, -0.1) is 13.2 Å². The van der Waals surface area contributed by atoms with Gasteiger partial charge in [0.2, 0.25) is 17.7 Å². The van der Waals surface area contributed by atoms with E-state index in [2.05, 4.69) is 34.4 Å². The molecule has 2 aromatic carbocycles. The van der Waals surface area contributed by atoms with E-state index in [-0.39, 0.29) is 42.8 Å². The van der Waals surface area contributed by atoms with Crippen LogP contribution in [0.4, 0.5) is 0 Å². The first-order valence-electron chi connectivity index (χ1n) is 16.9. The van der Waals surface area contributed by atoms with Gasteiger partial charge in [-0.2, -0.15) is 0 Å². The molecule has 0 aromatic heterocycles. The molecule has 9 atom stereocenters. The quantitative estimate of drug-likeness (QED) is 0.142. The number of hydrogen-bond acceptors (Lipinski definition) is 8. The van der Waals surface area contributed by atoms with Crippen molar-refractivity contribution in [2.45, 2.75) is 73.5 Å². The first-order valence-corrected chi connectivity index (χ1v) is 17.9. The third-order valence-corrected chi connectivity index (χ3v) is 10.7. The Morgan fingerprint density at radius 1 is 1.14 bits per heavy atom. The molecule has 3 aliphatic rings. The van der Waals surface area contributed by atoms with E-state index in [1.54, 1.807) is 48.2 Å². The second-order valence-corrected chi connectivity index (χ2v) is 14.3. The number of aliphatic hydroxyl groups excluding tert-OH is 1. The number of likely N-dealkylation sites (tertiary alicyclic amines) is 1. The monoisotopic (exact) mass is 751 g/mol. The van der Waals surface area contributed by atoms with Crippen LogP contribution in [0.5, 0.6) is 0 Å². The van der Waals surface area contributed by atoms with E-state index in [1.165, 1.54) is 12.0 Å². The van der Waals surface area contributed by atoms with Gasteiger partial charge >= 0.3 is 5.97 Å². The van der Waals surface area contributed by atoms with Gasteiger partial charge in [0.05, 0.1) is 43.2 Å². The Kier molecular flexibility index (Phi) is 12.3. The summed E-state index contributed by atoms with van der Waals surface area (Å²) in [5.41, 5.74) is 0.167. The van der Waals surface area contributed by atoms with Crippen LogP contribution in [0.2, 0.25) is 0 Å². The molecule has 2 N–H and O–H groups in total. The van der Waals surface area contributed by atoms with Crippen molar-refractivity contribution in [1.29, 1.82) is 0 Å². The molecule has 1 unspecified atom stereocenters. The van der Waals surface area contributed by atoms with Crippen molar-refractivity contribution in [3.8, 4) is 0 Å². The number of alkyl halides is 1. The van der Waals surface area contributed by atoms with Gasteiger partial charge in [-0.25, -0.2) is 0 Å². The molecule has 0 radical (unpaired) electrons. The van der Waals surface area contributed by atoms with E-state index in [0.29, 0.717) is 18.4 Å². The predicted molar refractivity (Wildman–Crippen MR) is 190 cm³/mol. The third kappa shape index (κ3) is 7.30. The SMILES string of the molecule is C=CCCC(=O)N[C@@H](COC)[C@@H](OC(=O)[C@@H]1[C@H]2O[C@@]3(CC2Br)[C@H](C(=O)N(CC=C)Cc2ccccc2)N([C@H](C)CO)C(=O)[C@@H]13)c1ccccc1. The number of nitrogens with one attached hydrogen (secondary N) is 1. The zero-order chi connectivity index (χ0) is 36.0. The Labute approximate surface area is 301 Å². The van der Waals surface area contributed by atoms with E-state index in [4.69, 9.17) is 14.2 Å². The van der Waals surface area contributed by atoms with Crippen LogP contribution in [0.3, 0.4) is 0 Å². The number of rotatable bonds is 17. The van der Waals surface area contributed by atoms with Gasteiger partial charge in [0.15, 0.2) is 0 Å². The lowest BCUT2D eigenvalue weighted by molar-refractivity contribution is -0.163. The number of allylic oxidation sites excluding steroid dienone is 1. The number of halogens is 1. The van der Waals surface area contributed by atoms with Gasteiger partial charge in [0, 0.05) is 31.4 Å². The van der Waals surface area contributed by atoms with Crippen LogP contribution >= 0.6 is 15.9 Å². The zero-order valence-corrected chi connectivity index (χ0v) is 30.1. The highest BCUT2D eigenvalue weighted by Gasteiger charge is 2.77. The van der Waals surface area contributed by atoms with Crippen molar-refractivity contribution in [3.05, 3.63) is 97.1 Å². The molecule has 268 valence electrons. The number of ether oxygens (including phenoxy) is 3. The van der Waals surface area contributed by atoms with Crippen LogP contribution in [0.15, 0.2) is 86.0 Å². The number of hydrogen-bond donors (Lipinski definition) is 2. The molecule has 2 bridgehead atoms. The number of fused-ring (bicyclic) bond motifs is 1. The Balaban J connectivity index is 1.50. The number of esters is 1. The fraction of sp³-hybridized carbons (Fsp3) is 0.474. The Hall–Kier alpha value is -3.84. The van der Waals surface area contributed by atoms with Gasteiger partial charge < -0.3 is 34.4 Å². The van der Waals surface area contributed by atoms with E-state index >= 15 is 0 Å². The number of methoxy groups -OCH3 is 1. The van der Waals surface area contributed by atoms with Crippen LogP contribution in [0, 0.1) is 11.8 Å². The average molecular weight is 753 g/mol. The van der Waals surface area contributed by atoms with Crippen LogP contribution in [-0.2, 0) is 39.9 Å². The largest absolute Gasteiger partial charge is 0.455 e. The number of nitrogens with zero attached hydrogens (tertiary/aromatic N) is 2. The van der Waals surface area contributed by atoms with Crippen LogP contribution < -0.4 is 5.32 Å². The lowest BCUT2D eigenvalue weighted by Crippen LogP contribution is -2.58. The van der Waals surface area contributed by atoms with Gasteiger partial charge in [-0.05, 0) is 30.9 Å². The van der Waals surface area contributed by atoms with E-state index < -0.39 is 66.3 Å². The van der Waals surface area contributed by atoms with Gasteiger partial charge in [0.25, 0.3) is 0 Å².